The van der Waals surface area contributed by atoms with Gasteiger partial charge in [-0.1, -0.05) is 13.8 Å². The predicted octanol–water partition coefficient (Wildman–Crippen LogP) is 3.32. The number of aliphatic hydroxyl groups excluding tert-OH is 1. The Labute approximate surface area is 200 Å². The van der Waals surface area contributed by atoms with Crippen molar-refractivity contribution in [3.05, 3.63) is 0 Å². The predicted molar refractivity (Wildman–Crippen MR) is 128 cm³/mol. The number of amides is 1. The number of aliphatic hydroxyl groups is 1. The van der Waals surface area contributed by atoms with Crippen LogP contribution in [0.2, 0.25) is 0 Å². The lowest BCUT2D eigenvalue weighted by molar-refractivity contribution is -0.425. The van der Waals surface area contributed by atoms with E-state index in [9.17, 15) is 9.90 Å². The molecule has 188 valence electrons. The molecule has 6 heteroatoms. The summed E-state index contributed by atoms with van der Waals surface area (Å²) < 4.78 is 6.06. The number of likely N-dealkylation sites (tertiary alicyclic amines) is 1. The zero-order valence-electron chi connectivity index (χ0n) is 21.2. The van der Waals surface area contributed by atoms with Gasteiger partial charge in [-0.15, -0.1) is 0 Å². The number of hydrogen-bond acceptors (Lipinski definition) is 4. The van der Waals surface area contributed by atoms with Crippen molar-refractivity contribution >= 4 is 6.09 Å². The lowest BCUT2D eigenvalue weighted by atomic mass is 9.42. The number of quaternary nitrogens is 1. The lowest BCUT2D eigenvalue weighted by Crippen LogP contribution is -2.67. The third-order valence-electron chi connectivity index (χ3n) is 11.8. The van der Waals surface area contributed by atoms with Gasteiger partial charge < -0.3 is 26.2 Å². The number of ether oxygens (including phenoxy) is 1. The van der Waals surface area contributed by atoms with Crippen molar-refractivity contribution in [1.29, 1.82) is 0 Å². The van der Waals surface area contributed by atoms with E-state index in [0.717, 1.165) is 64.5 Å². The van der Waals surface area contributed by atoms with E-state index in [-0.39, 0.29) is 29.3 Å². The van der Waals surface area contributed by atoms with Crippen LogP contribution in [-0.4, -0.2) is 53.0 Å². The highest BCUT2D eigenvalue weighted by Gasteiger charge is 2.66. The van der Waals surface area contributed by atoms with Crippen molar-refractivity contribution in [3.8, 4) is 0 Å². The van der Waals surface area contributed by atoms with Crippen LogP contribution < -0.4 is 11.5 Å². The van der Waals surface area contributed by atoms with Gasteiger partial charge in [0, 0.05) is 31.5 Å². The molecule has 0 spiro atoms. The summed E-state index contributed by atoms with van der Waals surface area (Å²) in [5, 5.41) is 10.5. The molecule has 1 heterocycles. The molecule has 5 aliphatic rings. The molecule has 0 bridgehead atoms. The maximum atomic E-state index is 12.8. The standard InChI is InChI=1S/C27H47N3O3/c1-17(31)21-8-13-27(29)23-5-4-18-16-20(33-24(32)30-14-9-19(28)10-15-30)6-11-25(18,2)22(23)7-12-26(21,27)3/h17-23,31H,4-16,28-29H2,1-3H3/p+1. The Morgan fingerprint density at radius 2 is 1.76 bits per heavy atom. The van der Waals surface area contributed by atoms with Crippen molar-refractivity contribution in [2.24, 2.45) is 40.2 Å². The van der Waals surface area contributed by atoms with Crippen LogP contribution in [0.4, 0.5) is 4.79 Å². The SMILES string of the molecule is CC(O)C1CCC2(N)C3CCC4CC(OC(=O)N5CCC([NH3+])CC5)CCC4(C)C3CCC12C. The maximum Gasteiger partial charge on any atom is 0.410 e. The summed E-state index contributed by atoms with van der Waals surface area (Å²) in [4.78, 5) is 14.7. The number of nitrogens with two attached hydrogens (primary N) is 1. The van der Waals surface area contributed by atoms with Crippen LogP contribution in [-0.2, 0) is 4.74 Å². The molecule has 0 aromatic heterocycles. The Kier molecular flexibility index (Phi) is 6.06. The zero-order chi connectivity index (χ0) is 23.6. The molecule has 0 aromatic carbocycles. The Morgan fingerprint density at radius 1 is 1.03 bits per heavy atom. The number of carbonyl (C=O) groups is 1. The smallest absolute Gasteiger partial charge is 0.410 e. The van der Waals surface area contributed by atoms with Crippen LogP contribution in [0.25, 0.3) is 0 Å². The fraction of sp³-hybridized carbons (Fsp3) is 0.963. The second-order valence-corrected chi connectivity index (χ2v) is 13.1. The fourth-order valence-corrected chi connectivity index (χ4v) is 9.54. The van der Waals surface area contributed by atoms with Gasteiger partial charge in [-0.2, -0.15) is 0 Å². The van der Waals surface area contributed by atoms with Gasteiger partial charge >= 0.3 is 6.09 Å². The number of carbonyl (C=O) groups excluding carboxylic acids is 1. The average molecular weight is 463 g/mol. The van der Waals surface area contributed by atoms with Gasteiger partial charge in [0.1, 0.15) is 6.10 Å². The number of rotatable bonds is 2. The minimum atomic E-state index is -0.270. The summed E-state index contributed by atoms with van der Waals surface area (Å²) in [6.07, 6.45) is 11.7. The van der Waals surface area contributed by atoms with E-state index in [1.54, 1.807) is 0 Å². The van der Waals surface area contributed by atoms with Crippen molar-refractivity contribution in [3.63, 3.8) is 0 Å². The monoisotopic (exact) mass is 462 g/mol. The summed E-state index contributed by atoms with van der Waals surface area (Å²) in [5.74, 6) is 2.18. The van der Waals surface area contributed by atoms with Gasteiger partial charge in [0.2, 0.25) is 0 Å². The number of fused-ring (bicyclic) bond motifs is 5. The van der Waals surface area contributed by atoms with Crippen LogP contribution in [0.15, 0.2) is 0 Å². The average Bonchev–Trinajstić information content (AvgIpc) is 3.06. The molecular weight excluding hydrogens is 414 g/mol. The van der Waals surface area contributed by atoms with Gasteiger partial charge in [-0.05, 0) is 99.2 Å². The minimum Gasteiger partial charge on any atom is -0.446 e. The molecule has 1 amide bonds. The van der Waals surface area contributed by atoms with Crippen molar-refractivity contribution in [1.82, 2.24) is 4.90 Å². The highest BCUT2D eigenvalue weighted by atomic mass is 16.6. The summed E-state index contributed by atoms with van der Waals surface area (Å²) in [7, 11) is 0. The number of piperidine rings is 1. The summed E-state index contributed by atoms with van der Waals surface area (Å²) in [6.45, 7) is 8.45. The van der Waals surface area contributed by atoms with Gasteiger partial charge in [0.05, 0.1) is 12.1 Å². The Hall–Kier alpha value is -0.850. The summed E-state index contributed by atoms with van der Waals surface area (Å²) in [5.41, 5.74) is 11.7. The minimum absolute atomic E-state index is 0.0553. The molecule has 1 saturated heterocycles. The van der Waals surface area contributed by atoms with E-state index in [1.807, 2.05) is 11.8 Å². The lowest BCUT2D eigenvalue weighted by Gasteiger charge is -2.64. The molecule has 0 radical (unpaired) electrons. The highest BCUT2D eigenvalue weighted by Crippen LogP contribution is 2.68. The maximum absolute atomic E-state index is 12.8. The molecule has 5 rings (SSSR count). The van der Waals surface area contributed by atoms with E-state index in [1.165, 1.54) is 19.3 Å². The normalized spacial score (nSPS) is 49.0. The molecule has 4 aliphatic carbocycles. The van der Waals surface area contributed by atoms with Gasteiger partial charge in [-0.25, -0.2) is 4.79 Å². The molecule has 4 saturated carbocycles. The first-order chi connectivity index (χ1) is 15.6. The number of nitrogens with zero attached hydrogens (tertiary/aromatic N) is 1. The highest BCUT2D eigenvalue weighted by molar-refractivity contribution is 5.68. The Balaban J connectivity index is 1.26. The molecule has 5 fully saturated rings. The van der Waals surface area contributed by atoms with Crippen LogP contribution in [0, 0.1) is 34.5 Å². The van der Waals surface area contributed by atoms with E-state index in [4.69, 9.17) is 10.5 Å². The van der Waals surface area contributed by atoms with Crippen molar-refractivity contribution < 1.29 is 20.4 Å². The van der Waals surface area contributed by atoms with Crippen molar-refractivity contribution in [2.75, 3.05) is 13.1 Å². The quantitative estimate of drug-likeness (QED) is 0.586. The Bertz CT molecular complexity index is 753. The van der Waals surface area contributed by atoms with E-state index >= 15 is 0 Å². The Morgan fingerprint density at radius 3 is 2.45 bits per heavy atom. The largest absolute Gasteiger partial charge is 0.446 e. The topological polar surface area (TPSA) is 103 Å². The first kappa shape index (κ1) is 23.9. The van der Waals surface area contributed by atoms with Crippen molar-refractivity contribution in [2.45, 2.75) is 115 Å². The van der Waals surface area contributed by atoms with Gasteiger partial charge in [0.15, 0.2) is 0 Å². The van der Waals surface area contributed by atoms with Crippen LogP contribution in [0.1, 0.15) is 91.4 Å². The first-order valence-electron chi connectivity index (χ1n) is 13.8. The molecule has 0 aromatic rings. The molecule has 6 nitrogen and oxygen atoms in total. The zero-order valence-corrected chi connectivity index (χ0v) is 21.2. The molecular formula is C27H48N3O3+. The number of hydrogen-bond donors (Lipinski definition) is 3. The van der Waals surface area contributed by atoms with E-state index in [0.29, 0.717) is 35.1 Å². The summed E-state index contributed by atoms with van der Waals surface area (Å²) >= 11 is 0. The molecule has 6 N–H and O–H groups in total. The molecule has 9 atom stereocenters. The second-order valence-electron chi connectivity index (χ2n) is 13.1. The van der Waals surface area contributed by atoms with Gasteiger partial charge in [0.25, 0.3) is 0 Å². The van der Waals surface area contributed by atoms with Gasteiger partial charge in [-0.3, -0.25) is 0 Å². The van der Waals surface area contributed by atoms with E-state index < -0.39 is 0 Å². The van der Waals surface area contributed by atoms with Crippen LogP contribution in [0.5, 0.6) is 0 Å². The fourth-order valence-electron chi connectivity index (χ4n) is 9.54. The van der Waals surface area contributed by atoms with Crippen LogP contribution in [0.3, 0.4) is 0 Å². The van der Waals surface area contributed by atoms with Crippen LogP contribution >= 0.6 is 0 Å². The third-order valence-corrected chi connectivity index (χ3v) is 11.8. The van der Waals surface area contributed by atoms with E-state index in [2.05, 4.69) is 19.6 Å². The molecule has 33 heavy (non-hydrogen) atoms. The first-order valence-corrected chi connectivity index (χ1v) is 13.8. The summed E-state index contributed by atoms with van der Waals surface area (Å²) in [6, 6.07) is 0.471. The third kappa shape index (κ3) is 3.65. The second kappa shape index (κ2) is 8.37. The molecule has 1 aliphatic heterocycles. The molecule has 9 unspecified atom stereocenters.